The summed E-state index contributed by atoms with van der Waals surface area (Å²) in [6, 6.07) is 8.80. The van der Waals surface area contributed by atoms with Gasteiger partial charge in [0.15, 0.2) is 5.41 Å². The molecule has 0 radical (unpaired) electrons. The maximum atomic E-state index is 11.1. The van der Waals surface area contributed by atoms with Crippen LogP contribution in [-0.2, 0) is 16.0 Å². The van der Waals surface area contributed by atoms with Gasteiger partial charge in [0.2, 0.25) is 0 Å². The Balaban J connectivity index is -0.000000853. The molecule has 0 bridgehead atoms. The van der Waals surface area contributed by atoms with E-state index in [1.807, 2.05) is 0 Å². The second-order valence-corrected chi connectivity index (χ2v) is 3.71. The number of hydrogen-bond acceptors (Lipinski definition) is 2. The van der Waals surface area contributed by atoms with Gasteiger partial charge < -0.3 is 13.1 Å². The van der Waals surface area contributed by atoms with E-state index in [9.17, 15) is 9.59 Å². The smallest absolute Gasteiger partial charge is 1.00 e. The Bertz CT molecular complexity index is 384. The molecular weight excluding hydrogens is 248 g/mol. The van der Waals surface area contributed by atoms with E-state index in [4.69, 9.17) is 10.2 Å². The van der Waals surface area contributed by atoms with Crippen molar-refractivity contribution in [3.63, 3.8) is 0 Å². The van der Waals surface area contributed by atoms with Gasteiger partial charge in [0.25, 0.3) is 0 Å². The van der Waals surface area contributed by atoms with Gasteiger partial charge in [-0.1, -0.05) is 37.3 Å². The van der Waals surface area contributed by atoms with E-state index in [-0.39, 0.29) is 53.4 Å². The number of hydrogen-bond donors (Lipinski definition) is 2. The Kier molecular flexibility index (Phi) is 6.75. The van der Waals surface area contributed by atoms with Crippen molar-refractivity contribution in [3.05, 3.63) is 35.9 Å². The monoisotopic (exact) mass is 264 g/mol. The molecule has 0 spiro atoms. The summed E-state index contributed by atoms with van der Waals surface area (Å²) >= 11 is 0. The van der Waals surface area contributed by atoms with Crippen molar-refractivity contribution in [1.82, 2.24) is 0 Å². The summed E-state index contributed by atoms with van der Waals surface area (Å²) < 4.78 is 0. The standard InChI is InChI=1S/C12H14O4.Ca.2H/c1-2-12(10(13)14,11(15)16)8-9-6-4-3-5-7-9;;;/h3-7H,2,8H2,1H3,(H,13,14)(H,15,16);;;/q;+2;2*-1. The second kappa shape index (κ2) is 6.99. The molecule has 0 aliphatic carbocycles. The molecule has 2 N–H and O–H groups in total. The summed E-state index contributed by atoms with van der Waals surface area (Å²) in [6.07, 6.45) is 0.0710. The Morgan fingerprint density at radius 2 is 1.65 bits per heavy atom. The molecule has 0 unspecified atom stereocenters. The van der Waals surface area contributed by atoms with E-state index in [2.05, 4.69) is 0 Å². The van der Waals surface area contributed by atoms with Crippen molar-refractivity contribution in [1.29, 1.82) is 0 Å². The molecule has 1 aromatic carbocycles. The molecule has 0 aromatic heterocycles. The Morgan fingerprint density at radius 1 is 1.18 bits per heavy atom. The van der Waals surface area contributed by atoms with Crippen molar-refractivity contribution < 1.29 is 22.7 Å². The van der Waals surface area contributed by atoms with E-state index in [0.717, 1.165) is 0 Å². The van der Waals surface area contributed by atoms with Gasteiger partial charge in [-0.3, -0.25) is 9.59 Å². The third-order valence-corrected chi connectivity index (χ3v) is 2.77. The van der Waals surface area contributed by atoms with Gasteiger partial charge in [-0.15, -0.1) is 0 Å². The number of rotatable bonds is 5. The molecule has 90 valence electrons. The minimum absolute atomic E-state index is 0. The van der Waals surface area contributed by atoms with Crippen LogP contribution in [0.3, 0.4) is 0 Å². The fourth-order valence-electron chi connectivity index (χ4n) is 1.61. The molecule has 0 atom stereocenters. The van der Waals surface area contributed by atoms with E-state index in [0.29, 0.717) is 5.56 Å². The average Bonchev–Trinajstić information content (AvgIpc) is 2.26. The molecule has 4 nitrogen and oxygen atoms in total. The zero-order valence-corrected chi connectivity index (χ0v) is 11.9. The van der Waals surface area contributed by atoms with Crippen molar-refractivity contribution in [3.8, 4) is 0 Å². The molecular formula is C12H16CaO4. The molecule has 0 amide bonds. The van der Waals surface area contributed by atoms with Crippen molar-refractivity contribution in [2.45, 2.75) is 19.8 Å². The van der Waals surface area contributed by atoms with Gasteiger partial charge in [0, 0.05) is 0 Å². The van der Waals surface area contributed by atoms with Crippen LogP contribution in [0.2, 0.25) is 0 Å². The second-order valence-electron chi connectivity index (χ2n) is 3.71. The number of carboxylic acid groups (broad SMARTS) is 2. The van der Waals surface area contributed by atoms with Crippen molar-refractivity contribution in [2.24, 2.45) is 5.41 Å². The van der Waals surface area contributed by atoms with Gasteiger partial charge in [0.1, 0.15) is 0 Å². The first-order valence-electron chi connectivity index (χ1n) is 5.03. The topological polar surface area (TPSA) is 74.6 Å². The molecule has 1 rings (SSSR count). The van der Waals surface area contributed by atoms with E-state index in [1.54, 1.807) is 37.3 Å². The predicted octanol–water partition coefficient (Wildman–Crippen LogP) is 1.64. The largest absolute Gasteiger partial charge is 2.00 e. The minimum atomic E-state index is -1.72. The van der Waals surface area contributed by atoms with Crippen LogP contribution < -0.4 is 0 Å². The van der Waals surface area contributed by atoms with Gasteiger partial charge in [-0.05, 0) is 18.4 Å². The third kappa shape index (κ3) is 3.69. The summed E-state index contributed by atoms with van der Waals surface area (Å²) in [7, 11) is 0. The van der Waals surface area contributed by atoms with E-state index < -0.39 is 17.4 Å². The number of aliphatic carboxylic acids is 2. The van der Waals surface area contributed by atoms with Gasteiger partial charge in [-0.2, -0.15) is 0 Å². The van der Waals surface area contributed by atoms with Crippen molar-refractivity contribution in [2.75, 3.05) is 0 Å². The minimum Gasteiger partial charge on any atom is -1.00 e. The van der Waals surface area contributed by atoms with E-state index in [1.165, 1.54) is 0 Å². The van der Waals surface area contributed by atoms with Gasteiger partial charge in [-0.25, -0.2) is 0 Å². The molecule has 1 aromatic rings. The number of benzene rings is 1. The fraction of sp³-hybridized carbons (Fsp3) is 0.333. The van der Waals surface area contributed by atoms with Gasteiger partial charge in [0.05, 0.1) is 0 Å². The van der Waals surface area contributed by atoms with Crippen LogP contribution in [0.25, 0.3) is 0 Å². The molecule has 0 saturated heterocycles. The number of carbonyl (C=O) groups is 2. The van der Waals surface area contributed by atoms with Crippen LogP contribution in [0.4, 0.5) is 0 Å². The fourth-order valence-corrected chi connectivity index (χ4v) is 1.61. The molecule has 0 aliphatic rings. The zero-order valence-electron chi connectivity index (χ0n) is 11.7. The zero-order chi connectivity index (χ0) is 12.2. The van der Waals surface area contributed by atoms with Crippen LogP contribution in [0.15, 0.2) is 30.3 Å². The first kappa shape index (κ1) is 16.4. The van der Waals surface area contributed by atoms with E-state index >= 15 is 0 Å². The predicted molar refractivity (Wildman–Crippen MR) is 66.1 cm³/mol. The molecule has 0 heterocycles. The molecule has 0 saturated carbocycles. The van der Waals surface area contributed by atoms with Crippen LogP contribution in [0.1, 0.15) is 21.8 Å². The van der Waals surface area contributed by atoms with Crippen LogP contribution >= 0.6 is 0 Å². The third-order valence-electron chi connectivity index (χ3n) is 2.77. The average molecular weight is 264 g/mol. The van der Waals surface area contributed by atoms with Crippen LogP contribution in [-0.4, -0.2) is 59.9 Å². The van der Waals surface area contributed by atoms with Crippen molar-refractivity contribution >= 4 is 49.7 Å². The van der Waals surface area contributed by atoms with Crippen LogP contribution in [0.5, 0.6) is 0 Å². The Morgan fingerprint density at radius 3 is 2.00 bits per heavy atom. The summed E-state index contributed by atoms with van der Waals surface area (Å²) in [4.78, 5) is 22.2. The Hall–Kier alpha value is -0.580. The molecule has 0 fully saturated rings. The molecule has 0 aliphatic heterocycles. The number of carboxylic acids is 2. The summed E-state index contributed by atoms with van der Waals surface area (Å²) in [5.74, 6) is -2.57. The SMILES string of the molecule is CCC(Cc1ccccc1)(C(=O)O)C(=O)O.[Ca+2].[H-].[H-]. The first-order chi connectivity index (χ1) is 7.53. The van der Waals surface area contributed by atoms with Crippen LogP contribution in [0, 0.1) is 5.41 Å². The molecule has 5 heteroatoms. The first-order valence-corrected chi connectivity index (χ1v) is 5.03. The summed E-state index contributed by atoms with van der Waals surface area (Å²) in [5.41, 5.74) is -1.00. The summed E-state index contributed by atoms with van der Waals surface area (Å²) in [6.45, 7) is 1.57. The normalized spacial score (nSPS) is 10.4. The quantitative estimate of drug-likeness (QED) is 0.626. The Labute approximate surface area is 133 Å². The molecule has 17 heavy (non-hydrogen) atoms. The maximum Gasteiger partial charge on any atom is 2.00 e. The summed E-state index contributed by atoms with van der Waals surface area (Å²) in [5, 5.41) is 18.1. The van der Waals surface area contributed by atoms with Gasteiger partial charge >= 0.3 is 49.7 Å². The maximum absolute atomic E-state index is 11.1.